The van der Waals surface area contributed by atoms with Crippen molar-refractivity contribution in [1.29, 1.82) is 0 Å². The van der Waals surface area contributed by atoms with E-state index in [4.69, 9.17) is 5.73 Å². The van der Waals surface area contributed by atoms with Crippen LogP contribution in [0.4, 0.5) is 5.69 Å². The predicted molar refractivity (Wildman–Crippen MR) is 57.6 cm³/mol. The molecule has 0 atom stereocenters. The summed E-state index contributed by atoms with van der Waals surface area (Å²) in [6.07, 6.45) is 1.09. The average molecular weight is 181 g/mol. The summed E-state index contributed by atoms with van der Waals surface area (Å²) in [5, 5.41) is 0. The minimum atomic E-state index is 0.925. The molecule has 0 spiro atoms. The van der Waals surface area contributed by atoms with Crippen LogP contribution in [0.5, 0.6) is 0 Å². The molecule has 0 aliphatic heterocycles. The van der Waals surface area contributed by atoms with Crippen LogP contribution in [0.3, 0.4) is 0 Å². The number of rotatable bonds is 4. The number of hydrogen-bond donors (Lipinski definition) is 1. The molecule has 2 heteroatoms. The monoisotopic (exact) mass is 181 g/mol. The standard InChI is InChI=1S/C10H15NS/c1-2-12-8-7-9-5-3-4-6-10(9)11/h3-6H,2,7-8,11H2,1H3. The Morgan fingerprint density at radius 3 is 2.75 bits per heavy atom. The number of para-hydroxylation sites is 1. The maximum absolute atomic E-state index is 5.79. The van der Waals surface area contributed by atoms with E-state index in [0.717, 1.165) is 12.1 Å². The van der Waals surface area contributed by atoms with Gasteiger partial charge in [0.05, 0.1) is 0 Å². The zero-order valence-corrected chi connectivity index (χ0v) is 8.23. The van der Waals surface area contributed by atoms with Gasteiger partial charge >= 0.3 is 0 Å². The second kappa shape index (κ2) is 5.09. The van der Waals surface area contributed by atoms with Crippen molar-refractivity contribution in [3.05, 3.63) is 29.8 Å². The van der Waals surface area contributed by atoms with E-state index in [2.05, 4.69) is 13.0 Å². The van der Waals surface area contributed by atoms with Gasteiger partial charge in [-0.3, -0.25) is 0 Å². The summed E-state index contributed by atoms with van der Waals surface area (Å²) < 4.78 is 0. The van der Waals surface area contributed by atoms with E-state index in [1.54, 1.807) is 0 Å². The summed E-state index contributed by atoms with van der Waals surface area (Å²) in [6, 6.07) is 8.09. The van der Waals surface area contributed by atoms with Crippen LogP contribution < -0.4 is 5.73 Å². The van der Waals surface area contributed by atoms with Gasteiger partial charge in [-0.25, -0.2) is 0 Å². The Morgan fingerprint density at radius 2 is 2.08 bits per heavy atom. The minimum absolute atomic E-state index is 0.925. The molecule has 0 fully saturated rings. The second-order valence-electron chi connectivity index (χ2n) is 2.65. The Bertz CT molecular complexity index is 235. The van der Waals surface area contributed by atoms with Crippen molar-refractivity contribution in [2.24, 2.45) is 0 Å². The normalized spacial score (nSPS) is 10.1. The molecule has 1 rings (SSSR count). The van der Waals surface area contributed by atoms with Gasteiger partial charge in [0.2, 0.25) is 0 Å². The number of thioether (sulfide) groups is 1. The second-order valence-corrected chi connectivity index (χ2v) is 4.04. The molecule has 0 radical (unpaired) electrons. The lowest BCUT2D eigenvalue weighted by Crippen LogP contribution is -1.95. The molecular formula is C10H15NS. The van der Waals surface area contributed by atoms with Gasteiger partial charge in [0.25, 0.3) is 0 Å². The molecule has 0 aliphatic rings. The number of anilines is 1. The molecule has 1 aromatic carbocycles. The highest BCUT2D eigenvalue weighted by atomic mass is 32.2. The van der Waals surface area contributed by atoms with Crippen molar-refractivity contribution >= 4 is 17.4 Å². The van der Waals surface area contributed by atoms with Crippen LogP contribution in [0.15, 0.2) is 24.3 Å². The van der Waals surface area contributed by atoms with Crippen LogP contribution in [0.25, 0.3) is 0 Å². The lowest BCUT2D eigenvalue weighted by Gasteiger charge is -2.03. The number of nitrogens with two attached hydrogens (primary N) is 1. The van der Waals surface area contributed by atoms with Gasteiger partial charge in [-0.05, 0) is 29.6 Å². The van der Waals surface area contributed by atoms with E-state index in [9.17, 15) is 0 Å². The average Bonchev–Trinajstić information content (AvgIpc) is 2.09. The molecule has 0 aromatic heterocycles. The molecular weight excluding hydrogens is 166 g/mol. The highest BCUT2D eigenvalue weighted by molar-refractivity contribution is 7.99. The molecule has 0 heterocycles. The summed E-state index contributed by atoms with van der Waals surface area (Å²) in [5.41, 5.74) is 8.00. The maximum Gasteiger partial charge on any atom is 0.0346 e. The zero-order valence-electron chi connectivity index (χ0n) is 7.42. The summed E-state index contributed by atoms with van der Waals surface area (Å²) in [7, 11) is 0. The highest BCUT2D eigenvalue weighted by Gasteiger charge is 1.95. The first-order valence-corrected chi connectivity index (χ1v) is 5.41. The van der Waals surface area contributed by atoms with Crippen LogP contribution in [-0.4, -0.2) is 11.5 Å². The van der Waals surface area contributed by atoms with Gasteiger partial charge in [0.15, 0.2) is 0 Å². The Kier molecular flexibility index (Phi) is 4.01. The molecule has 1 aromatic rings. The van der Waals surface area contributed by atoms with Crippen molar-refractivity contribution in [3.63, 3.8) is 0 Å². The number of aryl methyl sites for hydroxylation is 1. The van der Waals surface area contributed by atoms with Gasteiger partial charge in [-0.2, -0.15) is 11.8 Å². The Labute approximate surface area is 78.4 Å². The summed E-state index contributed by atoms with van der Waals surface area (Å²) in [4.78, 5) is 0. The molecule has 2 N–H and O–H groups in total. The molecule has 12 heavy (non-hydrogen) atoms. The molecule has 1 nitrogen and oxygen atoms in total. The summed E-state index contributed by atoms with van der Waals surface area (Å²) >= 11 is 1.96. The first-order chi connectivity index (χ1) is 5.84. The third-order valence-electron chi connectivity index (χ3n) is 1.77. The maximum atomic E-state index is 5.79. The highest BCUT2D eigenvalue weighted by Crippen LogP contribution is 2.13. The molecule has 0 saturated carbocycles. The van der Waals surface area contributed by atoms with Crippen LogP contribution in [0.2, 0.25) is 0 Å². The fraction of sp³-hybridized carbons (Fsp3) is 0.400. The van der Waals surface area contributed by atoms with Crippen LogP contribution in [-0.2, 0) is 6.42 Å². The predicted octanol–water partition coefficient (Wildman–Crippen LogP) is 2.56. The van der Waals surface area contributed by atoms with E-state index >= 15 is 0 Å². The van der Waals surface area contributed by atoms with Gasteiger partial charge in [-0.15, -0.1) is 0 Å². The van der Waals surface area contributed by atoms with Gasteiger partial charge in [-0.1, -0.05) is 25.1 Å². The summed E-state index contributed by atoms with van der Waals surface area (Å²) in [5.74, 6) is 2.36. The van der Waals surface area contributed by atoms with Crippen LogP contribution in [0.1, 0.15) is 12.5 Å². The molecule has 0 amide bonds. The Morgan fingerprint density at radius 1 is 1.33 bits per heavy atom. The van der Waals surface area contributed by atoms with E-state index in [1.807, 2.05) is 30.0 Å². The number of benzene rings is 1. The first kappa shape index (κ1) is 9.46. The van der Waals surface area contributed by atoms with Crippen molar-refractivity contribution in [1.82, 2.24) is 0 Å². The van der Waals surface area contributed by atoms with E-state index in [-0.39, 0.29) is 0 Å². The topological polar surface area (TPSA) is 26.0 Å². The number of hydrogen-bond acceptors (Lipinski definition) is 2. The Hall–Kier alpha value is -0.630. The van der Waals surface area contributed by atoms with E-state index in [0.29, 0.717) is 0 Å². The van der Waals surface area contributed by atoms with Crippen LogP contribution >= 0.6 is 11.8 Å². The van der Waals surface area contributed by atoms with E-state index in [1.165, 1.54) is 17.1 Å². The zero-order chi connectivity index (χ0) is 8.81. The van der Waals surface area contributed by atoms with E-state index < -0.39 is 0 Å². The number of nitrogen functional groups attached to an aromatic ring is 1. The lowest BCUT2D eigenvalue weighted by molar-refractivity contribution is 1.16. The minimum Gasteiger partial charge on any atom is -0.399 e. The largest absolute Gasteiger partial charge is 0.399 e. The Balaban J connectivity index is 2.46. The fourth-order valence-electron chi connectivity index (χ4n) is 1.09. The summed E-state index contributed by atoms with van der Waals surface area (Å²) in [6.45, 7) is 2.18. The lowest BCUT2D eigenvalue weighted by atomic mass is 10.1. The third kappa shape index (κ3) is 2.78. The van der Waals surface area contributed by atoms with Crippen molar-refractivity contribution < 1.29 is 0 Å². The van der Waals surface area contributed by atoms with Gasteiger partial charge in [0.1, 0.15) is 0 Å². The molecule has 0 bridgehead atoms. The first-order valence-electron chi connectivity index (χ1n) is 4.25. The fourth-order valence-corrected chi connectivity index (χ4v) is 1.74. The van der Waals surface area contributed by atoms with Crippen molar-refractivity contribution in [3.8, 4) is 0 Å². The smallest absolute Gasteiger partial charge is 0.0346 e. The van der Waals surface area contributed by atoms with Crippen LogP contribution in [0, 0.1) is 0 Å². The van der Waals surface area contributed by atoms with Gasteiger partial charge in [0, 0.05) is 5.69 Å². The third-order valence-corrected chi connectivity index (χ3v) is 2.68. The SMILES string of the molecule is CCSCCc1ccccc1N. The van der Waals surface area contributed by atoms with Crippen molar-refractivity contribution in [2.45, 2.75) is 13.3 Å². The molecule has 0 saturated heterocycles. The molecule has 0 unspecified atom stereocenters. The van der Waals surface area contributed by atoms with Crippen molar-refractivity contribution in [2.75, 3.05) is 17.2 Å². The molecule has 66 valence electrons. The molecule has 0 aliphatic carbocycles. The quantitative estimate of drug-likeness (QED) is 0.570. The van der Waals surface area contributed by atoms with Gasteiger partial charge < -0.3 is 5.73 Å².